The van der Waals surface area contributed by atoms with Crippen molar-refractivity contribution in [3.63, 3.8) is 0 Å². The molecule has 0 unspecified atom stereocenters. The molecular formula is C108H76N2S2. The molecule has 0 spiro atoms. The Morgan fingerprint density at radius 2 is 0.750 bits per heavy atom. The lowest BCUT2D eigenvalue weighted by molar-refractivity contribution is 0.654. The summed E-state index contributed by atoms with van der Waals surface area (Å²) < 4.78 is 5.05. The molecule has 4 aliphatic carbocycles. The Morgan fingerprint density at radius 1 is 0.295 bits per heavy atom. The number of hydrogen-bond acceptors (Lipinski definition) is 4. The summed E-state index contributed by atoms with van der Waals surface area (Å²) in [6, 6.07) is 129. The third-order valence-electron chi connectivity index (χ3n) is 24.1. The molecule has 530 valence electrons. The first-order chi connectivity index (χ1) is 55.1. The number of nitrogens with zero attached hydrogens (tertiary/aromatic N) is 2. The first kappa shape index (κ1) is 67.0. The summed E-state index contributed by atoms with van der Waals surface area (Å²) >= 11 is 3.75. The molecule has 0 aliphatic heterocycles. The van der Waals surface area contributed by atoms with Crippen LogP contribution in [0.4, 0.5) is 28.4 Å². The zero-order valence-corrected chi connectivity index (χ0v) is 64.4. The van der Waals surface area contributed by atoms with Crippen LogP contribution in [0.25, 0.3) is 135 Å². The number of rotatable bonds is 14. The number of para-hydroxylation sites is 4. The highest BCUT2D eigenvalue weighted by molar-refractivity contribution is 7.26. The van der Waals surface area contributed by atoms with Crippen LogP contribution in [0.15, 0.2) is 387 Å². The Morgan fingerprint density at radius 3 is 1.42 bits per heavy atom. The molecule has 2 nitrogen and oxygen atoms in total. The maximum atomic E-state index is 3.75. The van der Waals surface area contributed by atoms with Gasteiger partial charge in [0.05, 0.1) is 28.4 Å². The summed E-state index contributed by atoms with van der Waals surface area (Å²) in [5.41, 5.74) is 43.0. The molecule has 112 heavy (non-hydrogen) atoms. The molecule has 0 radical (unpaired) electrons. The maximum absolute atomic E-state index is 3.75. The van der Waals surface area contributed by atoms with Crippen LogP contribution in [0.2, 0.25) is 0 Å². The molecule has 21 rings (SSSR count). The SMILES string of the molecule is CC1(C)C2=C(C(c3ccccc3N(C3=CC=C(c4ccc(-c5ccccc5)cc4)CC3)c3ccccc3-c3cccc4sc5cc(-c6ccc(N(c7ccccc7-c7cccc8c7-c7ccccc7C8(C)C)c7ccccc7-c7cccc8sc9ccccc9c78)c(-c7ccccc7)c6)ccc5c34)=C=C=C2)c2ccccc21. The van der Waals surface area contributed by atoms with Gasteiger partial charge in [0.25, 0.3) is 0 Å². The lowest BCUT2D eigenvalue weighted by Gasteiger charge is -2.33. The molecule has 4 aliphatic rings. The number of hydrogen-bond donors (Lipinski definition) is 0. The van der Waals surface area contributed by atoms with Gasteiger partial charge in [0.15, 0.2) is 0 Å². The fraction of sp³-hybridized carbons (Fsp3) is 0.0741. The van der Waals surface area contributed by atoms with Gasteiger partial charge in [0, 0.05) is 95.8 Å². The monoisotopic (exact) mass is 1460 g/mol. The van der Waals surface area contributed by atoms with Crippen molar-refractivity contribution in [3.8, 4) is 77.9 Å². The summed E-state index contributed by atoms with van der Waals surface area (Å²) in [6.45, 7) is 9.47. The summed E-state index contributed by atoms with van der Waals surface area (Å²) in [5.74, 6) is 0. The second-order valence-corrected chi connectivity index (χ2v) is 33.2. The van der Waals surface area contributed by atoms with Gasteiger partial charge in [-0.15, -0.1) is 22.7 Å². The van der Waals surface area contributed by atoms with Crippen molar-refractivity contribution in [1.82, 2.24) is 0 Å². The van der Waals surface area contributed by atoms with E-state index in [1.54, 1.807) is 0 Å². The number of allylic oxidation sites excluding steroid dienone is 8. The minimum Gasteiger partial charge on any atom is -0.313 e. The quantitative estimate of drug-likeness (QED) is 0.100. The zero-order chi connectivity index (χ0) is 74.8. The number of fused-ring (bicyclic) bond motifs is 11. The molecule has 0 saturated carbocycles. The van der Waals surface area contributed by atoms with Crippen LogP contribution in [-0.4, -0.2) is 0 Å². The number of benzene rings is 15. The Kier molecular flexibility index (Phi) is 16.1. The van der Waals surface area contributed by atoms with Gasteiger partial charge in [-0.25, -0.2) is 0 Å². The largest absolute Gasteiger partial charge is 0.313 e. The van der Waals surface area contributed by atoms with Gasteiger partial charge in [-0.3, -0.25) is 0 Å². The van der Waals surface area contributed by atoms with E-state index in [-0.39, 0.29) is 10.8 Å². The van der Waals surface area contributed by atoms with E-state index in [4.69, 9.17) is 0 Å². The van der Waals surface area contributed by atoms with Crippen molar-refractivity contribution in [2.75, 3.05) is 9.80 Å². The lowest BCUT2D eigenvalue weighted by atomic mass is 9.80. The van der Waals surface area contributed by atoms with Gasteiger partial charge < -0.3 is 9.80 Å². The van der Waals surface area contributed by atoms with Crippen molar-refractivity contribution in [1.29, 1.82) is 0 Å². The highest BCUT2D eigenvalue weighted by Gasteiger charge is 2.41. The summed E-state index contributed by atoms with van der Waals surface area (Å²) in [4.78, 5) is 5.16. The molecule has 0 atom stereocenters. The van der Waals surface area contributed by atoms with E-state index >= 15 is 0 Å². The first-order valence-corrected chi connectivity index (χ1v) is 40.6. The molecule has 15 aromatic carbocycles. The second kappa shape index (κ2) is 26.9. The Bertz CT molecular complexity index is 6960. The van der Waals surface area contributed by atoms with Gasteiger partial charge >= 0.3 is 0 Å². The van der Waals surface area contributed by atoms with Gasteiger partial charge in [0.1, 0.15) is 0 Å². The molecule has 0 amide bonds. The zero-order valence-electron chi connectivity index (χ0n) is 62.8. The molecule has 17 aromatic rings. The van der Waals surface area contributed by atoms with E-state index in [1.165, 1.54) is 141 Å². The minimum atomic E-state index is -0.199. The summed E-state index contributed by atoms with van der Waals surface area (Å²) in [6.07, 6.45) is 8.65. The van der Waals surface area contributed by atoms with Crippen LogP contribution >= 0.6 is 22.7 Å². The highest BCUT2D eigenvalue weighted by Crippen LogP contribution is 2.58. The third kappa shape index (κ3) is 10.9. The van der Waals surface area contributed by atoms with Crippen molar-refractivity contribution in [2.24, 2.45) is 0 Å². The van der Waals surface area contributed by atoms with E-state index in [9.17, 15) is 0 Å². The van der Waals surface area contributed by atoms with E-state index in [1.807, 2.05) is 22.7 Å². The Labute approximate surface area is 662 Å². The molecule has 4 heteroatoms. The predicted molar refractivity (Wildman–Crippen MR) is 479 cm³/mol. The first-order valence-electron chi connectivity index (χ1n) is 39.0. The number of anilines is 5. The van der Waals surface area contributed by atoms with E-state index in [0.717, 1.165) is 80.2 Å². The smallest absolute Gasteiger partial charge is 0.0543 e. The summed E-state index contributed by atoms with van der Waals surface area (Å²) in [7, 11) is 0. The molecule has 0 N–H and O–H groups in total. The van der Waals surface area contributed by atoms with Crippen LogP contribution in [0.5, 0.6) is 0 Å². The molecule has 2 aromatic heterocycles. The van der Waals surface area contributed by atoms with Gasteiger partial charge in [-0.05, 0) is 180 Å². The predicted octanol–water partition coefficient (Wildman–Crippen LogP) is 30.6. The molecular weight excluding hydrogens is 1390 g/mol. The van der Waals surface area contributed by atoms with Gasteiger partial charge in [-0.1, -0.05) is 330 Å². The van der Waals surface area contributed by atoms with Crippen molar-refractivity contribution >= 4 is 108 Å². The van der Waals surface area contributed by atoms with Gasteiger partial charge in [-0.2, -0.15) is 0 Å². The molecule has 0 saturated heterocycles. The summed E-state index contributed by atoms with van der Waals surface area (Å²) in [5, 5.41) is 5.05. The molecule has 2 heterocycles. The average molecular weight is 1470 g/mol. The van der Waals surface area contributed by atoms with E-state index in [0.29, 0.717) is 0 Å². The minimum absolute atomic E-state index is 0.173. The standard InChI is InChI=1S/C108H76N2S2/c1-107(2)90-44-18-11-37-85(90)103-81(40-25-46-92(103)107)77-33-13-20-48-94(77)109(76-63-59-72(60-64-76)71-57-55-70(56-58-71)69-29-7-5-8-30-69)95-49-21-14-35-79(95)83-42-28-54-101-106(83)88-65-61-75(68-102(88)112-101)74-62-66-98(89(67-74)73-31-9-6-10-32-73)110(97-51-23-16-36-80(97)84-43-27-53-100-105(84)87-39-17-24-52-99(87)111-100)96-50-22-15-34-78(96)82-41-26-47-93-104(82)86-38-12-19-45-91(86)108(93,3)4/h5-24,26-39,41-59,61-63,65-68H,60,64H2,1-4H3. The fourth-order valence-electron chi connectivity index (χ4n) is 18.7. The van der Waals surface area contributed by atoms with E-state index in [2.05, 4.69) is 413 Å². The van der Waals surface area contributed by atoms with Crippen LogP contribution in [0, 0.1) is 0 Å². The van der Waals surface area contributed by atoms with Crippen LogP contribution in [-0.2, 0) is 10.8 Å². The highest BCUT2D eigenvalue weighted by atomic mass is 32.1. The van der Waals surface area contributed by atoms with Crippen molar-refractivity contribution < 1.29 is 0 Å². The second-order valence-electron chi connectivity index (χ2n) is 31.0. The van der Waals surface area contributed by atoms with Crippen LogP contribution < -0.4 is 9.80 Å². The molecule has 0 fully saturated rings. The topological polar surface area (TPSA) is 6.48 Å². The maximum Gasteiger partial charge on any atom is 0.0543 e. The third-order valence-corrected chi connectivity index (χ3v) is 26.4. The van der Waals surface area contributed by atoms with Crippen LogP contribution in [0.1, 0.15) is 73.9 Å². The molecule has 0 bridgehead atoms. The number of thiophene rings is 2. The van der Waals surface area contributed by atoms with E-state index < -0.39 is 0 Å². The Balaban J connectivity index is 0.717. The average Bonchev–Trinajstić information content (AvgIpc) is 1.56. The normalized spacial score (nSPS) is 14.3. The van der Waals surface area contributed by atoms with Gasteiger partial charge in [0.2, 0.25) is 0 Å². The lowest BCUT2D eigenvalue weighted by Crippen LogP contribution is -2.20. The Hall–Kier alpha value is -13.1. The van der Waals surface area contributed by atoms with Crippen molar-refractivity contribution in [2.45, 2.75) is 51.4 Å². The fourth-order valence-corrected chi connectivity index (χ4v) is 21.0. The van der Waals surface area contributed by atoms with Crippen molar-refractivity contribution in [3.05, 3.63) is 420 Å². The van der Waals surface area contributed by atoms with Crippen LogP contribution in [0.3, 0.4) is 0 Å².